The molecule has 80 valence electrons. The number of carbonyl (C=O) groups is 1. The first-order valence-corrected chi connectivity index (χ1v) is 7.67. The van der Waals surface area contributed by atoms with E-state index < -0.39 is 5.24 Å². The van der Waals surface area contributed by atoms with E-state index in [4.69, 9.17) is 11.6 Å². The van der Waals surface area contributed by atoms with Crippen LogP contribution in [0.3, 0.4) is 0 Å². The minimum atomic E-state index is -0.535. The maximum Gasteiger partial charge on any atom is 0.254 e. The van der Waals surface area contributed by atoms with E-state index in [0.29, 0.717) is 14.8 Å². The zero-order valence-electron chi connectivity index (χ0n) is 6.76. The Balaban J connectivity index is 3.63. The van der Waals surface area contributed by atoms with E-state index in [9.17, 15) is 9.00 Å². The van der Waals surface area contributed by atoms with Gasteiger partial charge >= 0.3 is 0 Å². The fourth-order valence-corrected chi connectivity index (χ4v) is 6.09. The highest BCUT2D eigenvalue weighted by atomic mass is 127. The predicted octanol–water partition coefficient (Wildman–Crippen LogP) is 3.91. The number of nitrogens with zero attached hydrogens (tertiary/aromatic N) is 1. The summed E-state index contributed by atoms with van der Waals surface area (Å²) in [7, 11) is 0. The highest BCUT2D eigenvalue weighted by Crippen LogP contribution is 2.34. The molecule has 0 spiro atoms. The van der Waals surface area contributed by atoms with E-state index >= 15 is 0 Å². The van der Waals surface area contributed by atoms with Gasteiger partial charge in [0.05, 0.1) is 9.13 Å². The summed E-state index contributed by atoms with van der Waals surface area (Å²) in [5.41, 5.74) is 0.923. The van der Waals surface area contributed by atoms with Crippen molar-refractivity contribution in [2.75, 3.05) is 0 Å². The van der Waals surface area contributed by atoms with E-state index in [1.165, 1.54) is 0 Å². The van der Waals surface area contributed by atoms with Gasteiger partial charge in [0.1, 0.15) is 5.69 Å². The summed E-state index contributed by atoms with van der Waals surface area (Å²) in [5.74, 6) is 0. The molecular formula is C7HClI3NO2S. The second-order valence-electron chi connectivity index (χ2n) is 2.32. The smallest absolute Gasteiger partial charge is 0.254 e. The molecule has 0 N–H and O–H groups in total. The lowest BCUT2D eigenvalue weighted by Gasteiger charge is -2.06. The van der Waals surface area contributed by atoms with E-state index in [1.54, 1.807) is 6.07 Å². The van der Waals surface area contributed by atoms with Gasteiger partial charge in [-0.3, -0.25) is 4.79 Å². The van der Waals surface area contributed by atoms with Crippen LogP contribution in [0.4, 0.5) is 5.69 Å². The SMILES string of the molecule is O=S=Nc1c(I)cc(I)c(C(=O)Cl)c1I. The van der Waals surface area contributed by atoms with Gasteiger partial charge < -0.3 is 0 Å². The van der Waals surface area contributed by atoms with Crippen molar-refractivity contribution in [2.24, 2.45) is 4.36 Å². The standard InChI is InChI=1S/C7HClI3NO2S/c8-7(13)4-2(9)1-3(10)6(5(4)11)12-15-14/h1H. The predicted molar refractivity (Wildman–Crippen MR) is 85.0 cm³/mol. The van der Waals surface area contributed by atoms with Crippen LogP contribution in [0.2, 0.25) is 0 Å². The van der Waals surface area contributed by atoms with Crippen LogP contribution in [-0.2, 0) is 11.5 Å². The normalized spacial score (nSPS) is 9.87. The third kappa shape index (κ3) is 3.33. The minimum Gasteiger partial charge on any atom is -0.276 e. The third-order valence-electron chi connectivity index (χ3n) is 1.47. The fraction of sp³-hybridized carbons (Fsp3) is 0. The van der Waals surface area contributed by atoms with Crippen LogP contribution in [0.5, 0.6) is 0 Å². The first kappa shape index (κ1) is 14.3. The van der Waals surface area contributed by atoms with Gasteiger partial charge in [0.2, 0.25) is 11.5 Å². The van der Waals surface area contributed by atoms with Gasteiger partial charge in [0, 0.05) is 7.14 Å². The van der Waals surface area contributed by atoms with Gasteiger partial charge in [-0.2, -0.15) is 8.57 Å². The molecule has 1 aromatic carbocycles. The van der Waals surface area contributed by atoms with Crippen LogP contribution in [0.1, 0.15) is 10.4 Å². The number of benzene rings is 1. The molecule has 0 aromatic heterocycles. The van der Waals surface area contributed by atoms with E-state index in [1.807, 2.05) is 45.2 Å². The van der Waals surface area contributed by atoms with Crippen molar-refractivity contribution >= 4 is 102 Å². The van der Waals surface area contributed by atoms with Crippen LogP contribution >= 0.6 is 79.4 Å². The summed E-state index contributed by atoms with van der Waals surface area (Å²) in [6.07, 6.45) is 0. The zero-order valence-corrected chi connectivity index (χ0v) is 14.8. The largest absolute Gasteiger partial charge is 0.276 e. The molecule has 0 radical (unpaired) electrons. The Kier molecular flexibility index (Phi) is 5.90. The van der Waals surface area contributed by atoms with Crippen LogP contribution < -0.4 is 0 Å². The summed E-state index contributed by atoms with van der Waals surface area (Å²) >= 11 is 11.6. The van der Waals surface area contributed by atoms with Crippen molar-refractivity contribution < 1.29 is 9.00 Å². The Morgan fingerprint density at radius 2 is 1.93 bits per heavy atom. The molecule has 0 saturated heterocycles. The minimum absolute atomic E-state index is 0.118. The monoisotopic (exact) mass is 579 g/mol. The van der Waals surface area contributed by atoms with Gasteiger partial charge in [0.15, 0.2) is 0 Å². The van der Waals surface area contributed by atoms with Crippen molar-refractivity contribution in [3.8, 4) is 0 Å². The number of hydrogen-bond donors (Lipinski definition) is 0. The topological polar surface area (TPSA) is 46.5 Å². The van der Waals surface area contributed by atoms with Gasteiger partial charge in [-0.25, -0.2) is 0 Å². The van der Waals surface area contributed by atoms with E-state index in [2.05, 4.69) is 27.0 Å². The van der Waals surface area contributed by atoms with Gasteiger partial charge in [-0.1, -0.05) is 0 Å². The second kappa shape index (κ2) is 6.21. The number of halogens is 4. The summed E-state index contributed by atoms with van der Waals surface area (Å²) < 4.78 is 16.3. The molecule has 0 atom stereocenters. The Morgan fingerprint density at radius 3 is 2.40 bits per heavy atom. The lowest BCUT2D eigenvalue weighted by Crippen LogP contribution is -1.99. The summed E-state index contributed by atoms with van der Waals surface area (Å²) in [6, 6.07) is 1.77. The Morgan fingerprint density at radius 1 is 1.33 bits per heavy atom. The molecule has 0 fully saturated rings. The molecule has 0 heterocycles. The molecule has 15 heavy (non-hydrogen) atoms. The van der Waals surface area contributed by atoms with E-state index in [-0.39, 0.29) is 11.5 Å². The molecular weight excluding hydrogens is 578 g/mol. The van der Waals surface area contributed by atoms with Crippen molar-refractivity contribution in [1.82, 2.24) is 0 Å². The molecule has 0 aliphatic carbocycles. The Hall–Kier alpha value is 1.19. The maximum atomic E-state index is 11.2. The first-order valence-electron chi connectivity index (χ1n) is 3.36. The van der Waals surface area contributed by atoms with Crippen molar-refractivity contribution in [2.45, 2.75) is 0 Å². The van der Waals surface area contributed by atoms with Gasteiger partial charge in [0.25, 0.3) is 5.24 Å². The van der Waals surface area contributed by atoms with Crippen LogP contribution in [0, 0.1) is 10.7 Å². The molecule has 3 nitrogen and oxygen atoms in total. The third-order valence-corrected chi connectivity index (χ3v) is 4.64. The summed E-state index contributed by atoms with van der Waals surface area (Å²) in [6.45, 7) is 0. The van der Waals surface area contributed by atoms with Crippen LogP contribution in [0.15, 0.2) is 10.4 Å². The second-order valence-corrected chi connectivity index (χ2v) is 6.40. The molecule has 0 saturated carbocycles. The molecule has 0 bridgehead atoms. The number of hydrogen-bond acceptors (Lipinski definition) is 3. The highest BCUT2D eigenvalue weighted by molar-refractivity contribution is 14.1. The molecule has 0 aliphatic rings. The summed E-state index contributed by atoms with van der Waals surface area (Å²) in [5, 5.41) is -0.535. The fourth-order valence-electron chi connectivity index (χ4n) is 0.881. The number of rotatable bonds is 2. The Labute approximate surface area is 135 Å². The van der Waals surface area contributed by atoms with Crippen LogP contribution in [0.25, 0.3) is 0 Å². The molecule has 0 unspecified atom stereocenters. The summed E-state index contributed by atoms with van der Waals surface area (Å²) in [4.78, 5) is 11.2. The average molecular weight is 579 g/mol. The molecule has 8 heteroatoms. The average Bonchev–Trinajstić information content (AvgIpc) is 2.11. The Bertz CT molecular complexity index is 461. The molecule has 0 aliphatic heterocycles. The number of carbonyl (C=O) groups excluding carboxylic acids is 1. The highest BCUT2D eigenvalue weighted by Gasteiger charge is 2.18. The molecule has 1 rings (SSSR count). The van der Waals surface area contributed by atoms with Gasteiger partial charge in [-0.15, -0.1) is 0 Å². The van der Waals surface area contributed by atoms with Crippen molar-refractivity contribution in [1.29, 1.82) is 0 Å². The maximum absolute atomic E-state index is 11.2. The van der Waals surface area contributed by atoms with E-state index in [0.717, 1.165) is 7.14 Å². The zero-order chi connectivity index (χ0) is 11.6. The van der Waals surface area contributed by atoms with Crippen molar-refractivity contribution in [3.05, 3.63) is 22.3 Å². The quantitative estimate of drug-likeness (QED) is 0.395. The molecule has 1 aromatic rings. The molecule has 0 amide bonds. The lowest BCUT2D eigenvalue weighted by molar-refractivity contribution is 0.108. The first-order chi connectivity index (χ1) is 6.99. The van der Waals surface area contributed by atoms with Gasteiger partial charge in [-0.05, 0) is 85.4 Å². The lowest BCUT2D eigenvalue weighted by atomic mass is 10.2. The van der Waals surface area contributed by atoms with Crippen molar-refractivity contribution in [3.63, 3.8) is 0 Å². The van der Waals surface area contributed by atoms with Crippen LogP contribution in [-0.4, -0.2) is 9.45 Å².